The Morgan fingerprint density at radius 3 is 2.81 bits per heavy atom. The second-order valence-corrected chi connectivity index (χ2v) is 5.40. The highest BCUT2D eigenvalue weighted by atomic mass is 19.1. The first-order valence-corrected chi connectivity index (χ1v) is 7.24. The molecule has 2 rings (SSSR count). The van der Waals surface area contributed by atoms with Crippen molar-refractivity contribution in [1.29, 1.82) is 0 Å². The molecule has 5 heteroatoms. The molecule has 0 aromatic heterocycles. The van der Waals surface area contributed by atoms with E-state index in [0.717, 1.165) is 24.0 Å². The zero-order chi connectivity index (χ0) is 15.2. The zero-order valence-corrected chi connectivity index (χ0v) is 12.6. The highest BCUT2D eigenvalue weighted by Crippen LogP contribution is 2.20. The van der Waals surface area contributed by atoms with Gasteiger partial charge in [0.05, 0.1) is 13.7 Å². The maximum Gasteiger partial charge on any atom is 0.319 e. The minimum atomic E-state index is -0.268. The third kappa shape index (κ3) is 4.51. The van der Waals surface area contributed by atoms with Crippen LogP contribution in [0.15, 0.2) is 18.2 Å². The van der Waals surface area contributed by atoms with E-state index in [9.17, 15) is 9.18 Å². The van der Waals surface area contributed by atoms with Crippen LogP contribution in [-0.4, -0.2) is 43.8 Å². The smallest absolute Gasteiger partial charge is 0.319 e. The van der Waals surface area contributed by atoms with E-state index in [2.05, 4.69) is 4.90 Å². The summed E-state index contributed by atoms with van der Waals surface area (Å²) in [7, 11) is 1.39. The molecule has 21 heavy (non-hydrogen) atoms. The summed E-state index contributed by atoms with van der Waals surface area (Å²) in [6.45, 7) is 4.12. The minimum Gasteiger partial charge on any atom is -0.468 e. The van der Waals surface area contributed by atoms with Crippen LogP contribution in [0.25, 0.3) is 0 Å². The Morgan fingerprint density at radius 2 is 2.14 bits per heavy atom. The number of hydrogen-bond acceptors (Lipinski definition) is 4. The highest BCUT2D eigenvalue weighted by Gasteiger charge is 2.24. The molecule has 1 aromatic rings. The predicted octanol–water partition coefficient (Wildman–Crippen LogP) is 2.29. The van der Waals surface area contributed by atoms with E-state index in [1.165, 1.54) is 13.2 Å². The fourth-order valence-electron chi connectivity index (χ4n) is 2.62. The second-order valence-electron chi connectivity index (χ2n) is 5.40. The Hall–Kier alpha value is -1.46. The van der Waals surface area contributed by atoms with E-state index in [1.54, 1.807) is 12.1 Å². The number of benzene rings is 1. The molecule has 0 N–H and O–H groups in total. The summed E-state index contributed by atoms with van der Waals surface area (Å²) in [5.41, 5.74) is 1.93. The van der Waals surface area contributed by atoms with Gasteiger partial charge in [0.2, 0.25) is 0 Å². The average molecular weight is 295 g/mol. The van der Waals surface area contributed by atoms with E-state index in [-0.39, 0.29) is 24.4 Å². The quantitative estimate of drug-likeness (QED) is 0.781. The van der Waals surface area contributed by atoms with E-state index >= 15 is 0 Å². The highest BCUT2D eigenvalue weighted by molar-refractivity contribution is 5.71. The van der Waals surface area contributed by atoms with Crippen molar-refractivity contribution in [3.05, 3.63) is 35.1 Å². The number of rotatable bonds is 5. The molecule has 0 radical (unpaired) electrons. The van der Waals surface area contributed by atoms with Gasteiger partial charge in [0.15, 0.2) is 0 Å². The Morgan fingerprint density at radius 1 is 1.43 bits per heavy atom. The van der Waals surface area contributed by atoms with E-state index in [0.29, 0.717) is 19.8 Å². The Bertz CT molecular complexity index is 486. The third-order valence-electron chi connectivity index (χ3n) is 3.95. The topological polar surface area (TPSA) is 38.8 Å². The van der Waals surface area contributed by atoms with Gasteiger partial charge in [-0.1, -0.05) is 6.07 Å². The molecule has 0 unspecified atom stereocenters. The van der Waals surface area contributed by atoms with Crippen LogP contribution in [-0.2, 0) is 20.8 Å². The van der Waals surface area contributed by atoms with Crippen LogP contribution in [0.4, 0.5) is 4.39 Å². The van der Waals surface area contributed by atoms with Crippen molar-refractivity contribution in [3.63, 3.8) is 0 Å². The number of nitrogens with zero attached hydrogens (tertiary/aromatic N) is 1. The number of carbonyl (C=O) groups is 1. The van der Waals surface area contributed by atoms with Crippen LogP contribution in [0.5, 0.6) is 0 Å². The molecule has 0 amide bonds. The van der Waals surface area contributed by atoms with Gasteiger partial charge in [-0.2, -0.15) is 0 Å². The third-order valence-corrected chi connectivity index (χ3v) is 3.95. The van der Waals surface area contributed by atoms with Gasteiger partial charge in [0, 0.05) is 25.8 Å². The molecule has 0 atom stereocenters. The first kappa shape index (κ1) is 15.9. The molecule has 0 spiro atoms. The van der Waals surface area contributed by atoms with E-state index in [4.69, 9.17) is 9.47 Å². The van der Waals surface area contributed by atoms with Crippen molar-refractivity contribution in [2.45, 2.75) is 32.4 Å². The van der Waals surface area contributed by atoms with Crippen LogP contribution in [0.3, 0.4) is 0 Å². The number of carbonyl (C=O) groups excluding carboxylic acids is 1. The van der Waals surface area contributed by atoms with Crippen molar-refractivity contribution >= 4 is 5.97 Å². The second kappa shape index (κ2) is 7.52. The van der Waals surface area contributed by atoms with Crippen LogP contribution in [0, 0.1) is 12.7 Å². The minimum absolute atomic E-state index is 0.219. The number of aryl methyl sites for hydroxylation is 1. The van der Waals surface area contributed by atoms with Gasteiger partial charge >= 0.3 is 5.97 Å². The lowest BCUT2D eigenvalue weighted by atomic mass is 10.0. The first-order valence-electron chi connectivity index (χ1n) is 7.24. The van der Waals surface area contributed by atoms with Crippen LogP contribution in [0.2, 0.25) is 0 Å². The van der Waals surface area contributed by atoms with Crippen molar-refractivity contribution in [3.8, 4) is 0 Å². The Labute approximate surface area is 124 Å². The SMILES string of the molecule is COC(=O)CN(Cc1cc(F)ccc1C)C1CCOCC1. The van der Waals surface area contributed by atoms with Gasteiger partial charge in [-0.3, -0.25) is 9.69 Å². The molecule has 1 saturated heterocycles. The standard InChI is InChI=1S/C16H22FNO3/c1-12-3-4-14(17)9-13(12)10-18(11-16(19)20-2)15-5-7-21-8-6-15/h3-4,9,15H,5-8,10-11H2,1-2H3. The molecule has 1 heterocycles. The lowest BCUT2D eigenvalue weighted by molar-refractivity contribution is -0.143. The van der Waals surface area contributed by atoms with Crippen molar-refractivity contribution < 1.29 is 18.7 Å². The Balaban J connectivity index is 2.13. The lowest BCUT2D eigenvalue weighted by Crippen LogP contribution is -2.42. The van der Waals surface area contributed by atoms with Crippen LogP contribution < -0.4 is 0 Å². The van der Waals surface area contributed by atoms with Crippen LogP contribution in [0.1, 0.15) is 24.0 Å². The summed E-state index contributed by atoms with van der Waals surface area (Å²) in [6.07, 6.45) is 1.76. The van der Waals surface area contributed by atoms with Crippen molar-refractivity contribution in [1.82, 2.24) is 4.90 Å². The van der Waals surface area contributed by atoms with E-state index in [1.807, 2.05) is 6.92 Å². The fraction of sp³-hybridized carbons (Fsp3) is 0.562. The number of esters is 1. The number of ether oxygens (including phenoxy) is 2. The number of hydrogen-bond donors (Lipinski definition) is 0. The summed E-state index contributed by atoms with van der Waals surface area (Å²) in [5, 5.41) is 0. The maximum absolute atomic E-state index is 13.4. The van der Waals surface area contributed by atoms with Crippen LogP contribution >= 0.6 is 0 Å². The molecule has 1 aliphatic rings. The average Bonchev–Trinajstić information content (AvgIpc) is 2.51. The molecule has 0 bridgehead atoms. The largest absolute Gasteiger partial charge is 0.468 e. The fourth-order valence-corrected chi connectivity index (χ4v) is 2.62. The summed E-state index contributed by atoms with van der Waals surface area (Å²) in [5.74, 6) is -0.517. The van der Waals surface area contributed by atoms with Crippen molar-refractivity contribution in [2.24, 2.45) is 0 Å². The van der Waals surface area contributed by atoms with E-state index < -0.39 is 0 Å². The monoisotopic (exact) mass is 295 g/mol. The summed E-state index contributed by atoms with van der Waals surface area (Å²) in [6, 6.07) is 5.03. The zero-order valence-electron chi connectivity index (χ0n) is 12.6. The Kier molecular flexibility index (Phi) is 5.70. The number of methoxy groups -OCH3 is 1. The molecule has 0 aliphatic carbocycles. The molecule has 116 valence electrons. The summed E-state index contributed by atoms with van der Waals surface area (Å²) >= 11 is 0. The van der Waals surface area contributed by atoms with Gasteiger partial charge in [0.1, 0.15) is 5.82 Å². The van der Waals surface area contributed by atoms with Gasteiger partial charge in [0.25, 0.3) is 0 Å². The molecule has 1 aromatic carbocycles. The predicted molar refractivity (Wildman–Crippen MR) is 77.4 cm³/mol. The van der Waals surface area contributed by atoms with Gasteiger partial charge in [-0.15, -0.1) is 0 Å². The normalized spacial score (nSPS) is 16.2. The molecule has 4 nitrogen and oxygen atoms in total. The summed E-state index contributed by atoms with van der Waals surface area (Å²) < 4.78 is 23.6. The molecule has 1 fully saturated rings. The summed E-state index contributed by atoms with van der Waals surface area (Å²) in [4.78, 5) is 13.7. The molecule has 0 saturated carbocycles. The molecular weight excluding hydrogens is 273 g/mol. The van der Waals surface area contributed by atoms with Gasteiger partial charge < -0.3 is 9.47 Å². The van der Waals surface area contributed by atoms with Crippen molar-refractivity contribution in [2.75, 3.05) is 26.9 Å². The van der Waals surface area contributed by atoms with Gasteiger partial charge in [-0.25, -0.2) is 4.39 Å². The molecule has 1 aliphatic heterocycles. The van der Waals surface area contributed by atoms with Gasteiger partial charge in [-0.05, 0) is 43.0 Å². The molecular formula is C16H22FNO3. The number of halogens is 1. The lowest BCUT2D eigenvalue weighted by Gasteiger charge is -2.33. The maximum atomic E-state index is 13.4. The first-order chi connectivity index (χ1) is 10.1.